The molecular weight excluding hydrogens is 270 g/mol. The number of amides is 1. The first-order valence-corrected chi connectivity index (χ1v) is 7.18. The number of hydrogen-bond acceptors (Lipinski definition) is 4. The Morgan fingerprint density at radius 3 is 2.62 bits per heavy atom. The molecule has 0 spiro atoms. The highest BCUT2D eigenvalue weighted by molar-refractivity contribution is 5.85. The van der Waals surface area contributed by atoms with Crippen molar-refractivity contribution in [3.63, 3.8) is 0 Å². The van der Waals surface area contributed by atoms with Gasteiger partial charge in [0.25, 0.3) is 5.91 Å². The monoisotopic (exact) mass is 291 g/mol. The van der Waals surface area contributed by atoms with Gasteiger partial charge < -0.3 is 14.4 Å². The second-order valence-corrected chi connectivity index (χ2v) is 5.22. The van der Waals surface area contributed by atoms with Crippen molar-refractivity contribution in [2.75, 3.05) is 20.3 Å². The second-order valence-electron chi connectivity index (χ2n) is 5.22. The molecule has 0 bridgehead atoms. The molecular formula is C16H21NO4. The molecule has 114 valence electrons. The Morgan fingerprint density at radius 1 is 1.24 bits per heavy atom. The normalized spacial score (nSPS) is 18.2. The van der Waals surface area contributed by atoms with E-state index in [0.29, 0.717) is 18.7 Å². The fourth-order valence-corrected chi connectivity index (χ4v) is 2.47. The van der Waals surface area contributed by atoms with E-state index in [4.69, 9.17) is 9.47 Å². The molecule has 1 heterocycles. The summed E-state index contributed by atoms with van der Waals surface area (Å²) >= 11 is 0. The number of piperidine rings is 1. The van der Waals surface area contributed by atoms with E-state index >= 15 is 0 Å². The molecule has 5 heteroatoms. The van der Waals surface area contributed by atoms with Gasteiger partial charge in [0, 0.05) is 6.54 Å². The Morgan fingerprint density at radius 2 is 1.95 bits per heavy atom. The van der Waals surface area contributed by atoms with E-state index in [-0.39, 0.29) is 18.5 Å². The molecule has 1 saturated heterocycles. The summed E-state index contributed by atoms with van der Waals surface area (Å²) in [6.45, 7) is 2.51. The van der Waals surface area contributed by atoms with Crippen LogP contribution in [0.5, 0.6) is 5.75 Å². The van der Waals surface area contributed by atoms with Crippen LogP contribution in [-0.4, -0.2) is 43.1 Å². The summed E-state index contributed by atoms with van der Waals surface area (Å²) in [6, 6.07) is 7.04. The lowest BCUT2D eigenvalue weighted by Gasteiger charge is -2.33. The Balaban J connectivity index is 1.94. The van der Waals surface area contributed by atoms with Crippen LogP contribution in [0.4, 0.5) is 0 Å². The van der Waals surface area contributed by atoms with E-state index in [1.54, 1.807) is 4.90 Å². The number of esters is 1. The maximum absolute atomic E-state index is 12.3. The SMILES string of the molecule is COC(=O)C1CCCCN1C(=O)COc1ccc(C)cc1. The van der Waals surface area contributed by atoms with E-state index < -0.39 is 6.04 Å². The molecule has 0 aliphatic carbocycles. The van der Waals surface area contributed by atoms with Gasteiger partial charge in [-0.3, -0.25) is 4.79 Å². The minimum absolute atomic E-state index is 0.0590. The van der Waals surface area contributed by atoms with Gasteiger partial charge in [-0.05, 0) is 38.3 Å². The molecule has 0 saturated carbocycles. The highest BCUT2D eigenvalue weighted by atomic mass is 16.5. The Hall–Kier alpha value is -2.04. The number of rotatable bonds is 4. The largest absolute Gasteiger partial charge is 0.484 e. The van der Waals surface area contributed by atoms with Crippen molar-refractivity contribution in [1.82, 2.24) is 4.90 Å². The third-order valence-corrected chi connectivity index (χ3v) is 3.68. The third-order valence-electron chi connectivity index (χ3n) is 3.68. The zero-order chi connectivity index (χ0) is 15.2. The van der Waals surface area contributed by atoms with Crippen LogP contribution in [0, 0.1) is 6.92 Å². The molecule has 0 radical (unpaired) electrons. The predicted octanol–water partition coefficient (Wildman–Crippen LogP) is 1.93. The predicted molar refractivity (Wildman–Crippen MR) is 78.0 cm³/mol. The van der Waals surface area contributed by atoms with Crippen LogP contribution in [0.3, 0.4) is 0 Å². The maximum Gasteiger partial charge on any atom is 0.328 e. The van der Waals surface area contributed by atoms with Gasteiger partial charge in [-0.25, -0.2) is 4.79 Å². The van der Waals surface area contributed by atoms with Crippen LogP contribution in [0.15, 0.2) is 24.3 Å². The topological polar surface area (TPSA) is 55.8 Å². The van der Waals surface area contributed by atoms with Crippen LogP contribution >= 0.6 is 0 Å². The van der Waals surface area contributed by atoms with Crippen molar-refractivity contribution >= 4 is 11.9 Å². The third kappa shape index (κ3) is 3.97. The quantitative estimate of drug-likeness (QED) is 0.795. The summed E-state index contributed by atoms with van der Waals surface area (Å²) in [4.78, 5) is 25.6. The molecule has 1 atom stereocenters. The summed E-state index contributed by atoms with van der Waals surface area (Å²) in [5.41, 5.74) is 1.13. The fourth-order valence-electron chi connectivity index (χ4n) is 2.47. The number of nitrogens with zero attached hydrogens (tertiary/aromatic N) is 1. The average Bonchev–Trinajstić information content (AvgIpc) is 2.53. The van der Waals surface area contributed by atoms with Crippen LogP contribution in [-0.2, 0) is 14.3 Å². The van der Waals surface area contributed by atoms with Crippen molar-refractivity contribution in [3.8, 4) is 5.75 Å². The first kappa shape index (κ1) is 15.4. The number of carbonyl (C=O) groups is 2. The second kappa shape index (κ2) is 7.11. The minimum atomic E-state index is -0.474. The Labute approximate surface area is 124 Å². The van der Waals surface area contributed by atoms with Gasteiger partial charge >= 0.3 is 5.97 Å². The number of ether oxygens (including phenoxy) is 2. The van der Waals surface area contributed by atoms with Crippen molar-refractivity contribution < 1.29 is 19.1 Å². The molecule has 1 aliphatic rings. The molecule has 1 unspecified atom stereocenters. The fraction of sp³-hybridized carbons (Fsp3) is 0.500. The molecule has 2 rings (SSSR count). The highest BCUT2D eigenvalue weighted by Gasteiger charge is 2.32. The van der Waals surface area contributed by atoms with E-state index in [9.17, 15) is 9.59 Å². The van der Waals surface area contributed by atoms with Gasteiger partial charge in [0.2, 0.25) is 0 Å². The van der Waals surface area contributed by atoms with Crippen molar-refractivity contribution in [3.05, 3.63) is 29.8 Å². The molecule has 1 aliphatic heterocycles. The summed E-state index contributed by atoms with van der Waals surface area (Å²) < 4.78 is 10.3. The van der Waals surface area contributed by atoms with Crippen LogP contribution in [0.25, 0.3) is 0 Å². The molecule has 5 nitrogen and oxygen atoms in total. The van der Waals surface area contributed by atoms with Gasteiger partial charge in [-0.15, -0.1) is 0 Å². The lowest BCUT2D eigenvalue weighted by Crippen LogP contribution is -2.50. The van der Waals surface area contributed by atoms with Crippen LogP contribution in [0.1, 0.15) is 24.8 Å². The van der Waals surface area contributed by atoms with Crippen molar-refractivity contribution in [1.29, 1.82) is 0 Å². The molecule has 1 fully saturated rings. The van der Waals surface area contributed by atoms with E-state index in [1.807, 2.05) is 31.2 Å². The van der Waals surface area contributed by atoms with Crippen molar-refractivity contribution in [2.45, 2.75) is 32.2 Å². The van der Waals surface area contributed by atoms with Gasteiger partial charge in [0.05, 0.1) is 7.11 Å². The standard InChI is InChI=1S/C16H21NO4/c1-12-6-8-13(9-7-12)21-11-15(18)17-10-4-3-5-14(17)16(19)20-2/h6-9,14H,3-5,10-11H2,1-2H3. The van der Waals surface area contributed by atoms with Gasteiger partial charge in [0.15, 0.2) is 6.61 Å². The van der Waals surface area contributed by atoms with Crippen LogP contribution < -0.4 is 4.74 Å². The van der Waals surface area contributed by atoms with Gasteiger partial charge in [-0.1, -0.05) is 17.7 Å². The van der Waals surface area contributed by atoms with E-state index in [0.717, 1.165) is 18.4 Å². The zero-order valence-corrected chi connectivity index (χ0v) is 12.5. The summed E-state index contributed by atoms with van der Waals surface area (Å²) in [5.74, 6) is 0.129. The summed E-state index contributed by atoms with van der Waals surface area (Å²) in [6.07, 6.45) is 2.50. The molecule has 21 heavy (non-hydrogen) atoms. The first-order chi connectivity index (χ1) is 10.1. The van der Waals surface area contributed by atoms with E-state index in [2.05, 4.69) is 0 Å². The molecule has 0 aromatic heterocycles. The van der Waals surface area contributed by atoms with Gasteiger partial charge in [0.1, 0.15) is 11.8 Å². The molecule has 1 amide bonds. The van der Waals surface area contributed by atoms with Gasteiger partial charge in [-0.2, -0.15) is 0 Å². The lowest BCUT2D eigenvalue weighted by atomic mass is 10.0. The number of methoxy groups -OCH3 is 1. The van der Waals surface area contributed by atoms with E-state index in [1.165, 1.54) is 7.11 Å². The smallest absolute Gasteiger partial charge is 0.328 e. The minimum Gasteiger partial charge on any atom is -0.484 e. The average molecular weight is 291 g/mol. The highest BCUT2D eigenvalue weighted by Crippen LogP contribution is 2.19. The molecule has 1 aromatic rings. The maximum atomic E-state index is 12.3. The number of likely N-dealkylation sites (tertiary alicyclic amines) is 1. The first-order valence-electron chi connectivity index (χ1n) is 7.18. The number of hydrogen-bond donors (Lipinski definition) is 0. The Bertz CT molecular complexity index is 498. The van der Waals surface area contributed by atoms with Crippen LogP contribution in [0.2, 0.25) is 0 Å². The summed E-state index contributed by atoms with van der Waals surface area (Å²) in [5, 5.41) is 0. The molecule has 0 N–H and O–H groups in total. The number of aryl methyl sites for hydroxylation is 1. The van der Waals surface area contributed by atoms with Crippen molar-refractivity contribution in [2.24, 2.45) is 0 Å². The molecule has 1 aromatic carbocycles. The number of carbonyl (C=O) groups excluding carboxylic acids is 2. The Kier molecular flexibility index (Phi) is 5.20. The number of benzene rings is 1. The zero-order valence-electron chi connectivity index (χ0n) is 12.5. The lowest BCUT2D eigenvalue weighted by molar-refractivity contribution is -0.155. The summed E-state index contributed by atoms with van der Waals surface area (Å²) in [7, 11) is 1.35.